The van der Waals surface area contributed by atoms with Gasteiger partial charge in [0.25, 0.3) is 0 Å². The van der Waals surface area contributed by atoms with Gasteiger partial charge in [0.05, 0.1) is 12.0 Å². The van der Waals surface area contributed by atoms with Crippen LogP contribution in [0.3, 0.4) is 0 Å². The number of hydrogen-bond acceptors (Lipinski definition) is 3. The fourth-order valence-electron chi connectivity index (χ4n) is 3.29. The van der Waals surface area contributed by atoms with Crippen LogP contribution in [0.15, 0.2) is 12.5 Å². The molecule has 3 heterocycles. The molecule has 1 spiro atoms. The van der Waals surface area contributed by atoms with E-state index in [4.69, 9.17) is 0 Å². The molecule has 3 rings (SSSR count). The van der Waals surface area contributed by atoms with Gasteiger partial charge in [-0.1, -0.05) is 0 Å². The molecule has 2 saturated heterocycles. The maximum absolute atomic E-state index is 4.19. The maximum Gasteiger partial charge on any atom is 0.0945 e. The SMILES string of the molecule is Cn1cncc1CN1CCC2(CCNCC2)C1. The van der Waals surface area contributed by atoms with Gasteiger partial charge in [-0.3, -0.25) is 4.90 Å². The van der Waals surface area contributed by atoms with E-state index in [0.717, 1.165) is 6.54 Å². The molecule has 0 radical (unpaired) electrons. The van der Waals surface area contributed by atoms with E-state index in [1.54, 1.807) is 0 Å². The molecule has 4 heteroatoms. The van der Waals surface area contributed by atoms with E-state index >= 15 is 0 Å². The molecule has 0 bridgehead atoms. The van der Waals surface area contributed by atoms with Crippen LogP contribution in [-0.4, -0.2) is 40.6 Å². The first-order chi connectivity index (χ1) is 8.27. The summed E-state index contributed by atoms with van der Waals surface area (Å²) in [4.78, 5) is 6.79. The number of rotatable bonds is 2. The van der Waals surface area contributed by atoms with Crippen molar-refractivity contribution in [3.63, 3.8) is 0 Å². The minimum absolute atomic E-state index is 0.615. The van der Waals surface area contributed by atoms with Crippen molar-refractivity contribution in [2.75, 3.05) is 26.2 Å². The van der Waals surface area contributed by atoms with E-state index in [9.17, 15) is 0 Å². The highest BCUT2D eigenvalue weighted by atomic mass is 15.2. The second-order valence-electron chi connectivity index (χ2n) is 5.71. The Hall–Kier alpha value is -0.870. The second-order valence-corrected chi connectivity index (χ2v) is 5.71. The molecule has 0 atom stereocenters. The molecular formula is C13H22N4. The Morgan fingerprint density at radius 2 is 2.18 bits per heavy atom. The zero-order chi connectivity index (χ0) is 11.7. The van der Waals surface area contributed by atoms with Crippen LogP contribution < -0.4 is 5.32 Å². The van der Waals surface area contributed by atoms with Crippen LogP contribution >= 0.6 is 0 Å². The van der Waals surface area contributed by atoms with Crippen molar-refractivity contribution in [3.8, 4) is 0 Å². The predicted molar refractivity (Wildman–Crippen MR) is 67.6 cm³/mol. The quantitative estimate of drug-likeness (QED) is 0.828. The highest BCUT2D eigenvalue weighted by Crippen LogP contribution is 2.38. The minimum Gasteiger partial charge on any atom is -0.337 e. The van der Waals surface area contributed by atoms with E-state index in [2.05, 4.69) is 26.8 Å². The van der Waals surface area contributed by atoms with Crippen molar-refractivity contribution in [3.05, 3.63) is 18.2 Å². The molecule has 1 aromatic heterocycles. The van der Waals surface area contributed by atoms with E-state index in [-0.39, 0.29) is 0 Å². The van der Waals surface area contributed by atoms with Crippen LogP contribution in [0.1, 0.15) is 25.0 Å². The number of piperidine rings is 1. The molecule has 2 aliphatic heterocycles. The summed E-state index contributed by atoms with van der Waals surface area (Å²) >= 11 is 0. The maximum atomic E-state index is 4.19. The molecule has 1 N–H and O–H groups in total. The molecule has 0 saturated carbocycles. The fourth-order valence-corrected chi connectivity index (χ4v) is 3.29. The van der Waals surface area contributed by atoms with Crippen molar-refractivity contribution in [1.82, 2.24) is 19.8 Å². The topological polar surface area (TPSA) is 33.1 Å². The average molecular weight is 234 g/mol. The van der Waals surface area contributed by atoms with Gasteiger partial charge in [0.1, 0.15) is 0 Å². The Morgan fingerprint density at radius 3 is 2.88 bits per heavy atom. The largest absolute Gasteiger partial charge is 0.337 e. The molecule has 0 aliphatic carbocycles. The Morgan fingerprint density at radius 1 is 1.35 bits per heavy atom. The predicted octanol–water partition coefficient (Wildman–Crippen LogP) is 0.996. The third-order valence-corrected chi connectivity index (χ3v) is 4.48. The van der Waals surface area contributed by atoms with Gasteiger partial charge >= 0.3 is 0 Å². The number of aromatic nitrogens is 2. The standard InChI is InChI=1S/C13H22N4/c1-16-11-15-8-12(16)9-17-7-4-13(10-17)2-5-14-6-3-13/h8,11,14H,2-7,9-10H2,1H3. The van der Waals surface area contributed by atoms with Gasteiger partial charge in [-0.05, 0) is 44.3 Å². The van der Waals surface area contributed by atoms with Gasteiger partial charge in [0.15, 0.2) is 0 Å². The molecular weight excluding hydrogens is 212 g/mol. The highest BCUT2D eigenvalue weighted by Gasteiger charge is 2.38. The van der Waals surface area contributed by atoms with Gasteiger partial charge in [-0.25, -0.2) is 4.98 Å². The van der Waals surface area contributed by atoms with Crippen LogP contribution in [0.2, 0.25) is 0 Å². The van der Waals surface area contributed by atoms with Gasteiger partial charge in [0.2, 0.25) is 0 Å². The van der Waals surface area contributed by atoms with Gasteiger partial charge in [0, 0.05) is 26.3 Å². The van der Waals surface area contributed by atoms with Gasteiger partial charge in [-0.2, -0.15) is 0 Å². The van der Waals surface area contributed by atoms with Crippen LogP contribution in [0.25, 0.3) is 0 Å². The smallest absolute Gasteiger partial charge is 0.0945 e. The number of imidazole rings is 1. The first kappa shape index (κ1) is 11.2. The molecule has 2 aliphatic rings. The molecule has 17 heavy (non-hydrogen) atoms. The van der Waals surface area contributed by atoms with E-state index in [1.165, 1.54) is 51.1 Å². The first-order valence-corrected chi connectivity index (χ1v) is 6.66. The monoisotopic (exact) mass is 234 g/mol. The summed E-state index contributed by atoms with van der Waals surface area (Å²) in [6.07, 6.45) is 7.98. The van der Waals surface area contributed by atoms with Crippen molar-refractivity contribution in [1.29, 1.82) is 0 Å². The lowest BCUT2D eigenvalue weighted by Gasteiger charge is -2.33. The summed E-state index contributed by atoms with van der Waals surface area (Å²) in [5.74, 6) is 0. The zero-order valence-corrected chi connectivity index (χ0v) is 10.7. The number of hydrogen-bond donors (Lipinski definition) is 1. The lowest BCUT2D eigenvalue weighted by Crippen LogP contribution is -2.38. The molecule has 0 aromatic carbocycles. The Balaban J connectivity index is 1.62. The number of likely N-dealkylation sites (tertiary alicyclic amines) is 1. The lowest BCUT2D eigenvalue weighted by atomic mass is 9.78. The molecule has 2 fully saturated rings. The Labute approximate surface area is 103 Å². The summed E-state index contributed by atoms with van der Waals surface area (Å²) < 4.78 is 2.13. The lowest BCUT2D eigenvalue weighted by molar-refractivity contribution is 0.192. The molecule has 1 aromatic rings. The van der Waals surface area contributed by atoms with Crippen LogP contribution in [-0.2, 0) is 13.6 Å². The molecule has 0 amide bonds. The van der Waals surface area contributed by atoms with Crippen molar-refractivity contribution >= 4 is 0 Å². The molecule has 94 valence electrons. The Bertz CT molecular complexity index is 379. The second kappa shape index (κ2) is 4.42. The number of aryl methyl sites for hydroxylation is 1. The summed E-state index contributed by atoms with van der Waals surface area (Å²) in [5.41, 5.74) is 1.94. The van der Waals surface area contributed by atoms with Crippen LogP contribution in [0, 0.1) is 5.41 Å². The molecule has 0 unspecified atom stereocenters. The first-order valence-electron chi connectivity index (χ1n) is 6.66. The summed E-state index contributed by atoms with van der Waals surface area (Å²) in [5, 5.41) is 3.47. The minimum atomic E-state index is 0.615. The molecule has 4 nitrogen and oxygen atoms in total. The third-order valence-electron chi connectivity index (χ3n) is 4.48. The normalized spacial score (nSPS) is 24.5. The fraction of sp³-hybridized carbons (Fsp3) is 0.769. The van der Waals surface area contributed by atoms with E-state index < -0.39 is 0 Å². The highest BCUT2D eigenvalue weighted by molar-refractivity contribution is 5.00. The average Bonchev–Trinajstić information content (AvgIpc) is 2.90. The van der Waals surface area contributed by atoms with Crippen LogP contribution in [0.5, 0.6) is 0 Å². The zero-order valence-electron chi connectivity index (χ0n) is 10.7. The Kier molecular flexibility index (Phi) is 2.92. The van der Waals surface area contributed by atoms with Gasteiger partial charge < -0.3 is 9.88 Å². The number of nitrogens with zero attached hydrogens (tertiary/aromatic N) is 3. The summed E-state index contributed by atoms with van der Waals surface area (Å²) in [6.45, 7) is 6.01. The summed E-state index contributed by atoms with van der Waals surface area (Å²) in [7, 11) is 2.08. The summed E-state index contributed by atoms with van der Waals surface area (Å²) in [6, 6.07) is 0. The van der Waals surface area contributed by atoms with E-state index in [0.29, 0.717) is 5.41 Å². The number of nitrogens with one attached hydrogen (secondary N) is 1. The third kappa shape index (κ3) is 2.24. The van der Waals surface area contributed by atoms with Crippen molar-refractivity contribution in [2.45, 2.75) is 25.8 Å². The van der Waals surface area contributed by atoms with Crippen molar-refractivity contribution < 1.29 is 0 Å². The van der Waals surface area contributed by atoms with Gasteiger partial charge in [-0.15, -0.1) is 0 Å². The van der Waals surface area contributed by atoms with E-state index in [1.807, 2.05) is 12.5 Å². The van der Waals surface area contributed by atoms with Crippen molar-refractivity contribution in [2.24, 2.45) is 12.5 Å². The van der Waals surface area contributed by atoms with Crippen LogP contribution in [0.4, 0.5) is 0 Å².